The number of aliphatic hydroxyl groups excluding tert-OH is 1. The second-order valence-corrected chi connectivity index (χ2v) is 11.9. The molecule has 3 amide bonds. The van der Waals surface area contributed by atoms with Crippen LogP contribution in [0.2, 0.25) is 0 Å². The summed E-state index contributed by atoms with van der Waals surface area (Å²) < 4.78 is 40.0. The maximum Gasteiger partial charge on any atom is 0.321 e. The molecular formula is C28H35N5O7S. The van der Waals surface area contributed by atoms with Gasteiger partial charge in [-0.1, -0.05) is 30.3 Å². The van der Waals surface area contributed by atoms with Crippen LogP contribution in [0.25, 0.3) is 0 Å². The highest BCUT2D eigenvalue weighted by Gasteiger charge is 2.34. The molecule has 0 spiro atoms. The molecule has 220 valence electrons. The Bertz CT molecular complexity index is 1490. The van der Waals surface area contributed by atoms with Gasteiger partial charge in [-0.15, -0.1) is 0 Å². The Morgan fingerprint density at radius 3 is 2.54 bits per heavy atom. The third-order valence-corrected chi connectivity index (χ3v) is 8.60. The standard InChI is InChI=1S/C28H35N5O7S/c1-17-14-33(18(2)16-34)27(35)23-13-22(31-41(37,38)26-19(3)30-40-20(26)4)11-12-24(23)39-25(17)15-32(5)28(36)29-21-9-7-6-8-10-21/h6-13,17-18,25,31,34H,14-16H2,1-5H3,(H,29,36)/t17-,18-,25-/m1/s1. The molecule has 0 saturated heterocycles. The normalized spacial score (nSPS) is 18.0. The Morgan fingerprint density at radius 2 is 1.90 bits per heavy atom. The Hall–Kier alpha value is -4.10. The van der Waals surface area contributed by atoms with Crippen molar-refractivity contribution in [3.8, 4) is 5.75 Å². The smallest absolute Gasteiger partial charge is 0.321 e. The summed E-state index contributed by atoms with van der Waals surface area (Å²) in [6.07, 6.45) is -0.522. The Kier molecular flexibility index (Phi) is 8.88. The number of rotatable bonds is 8. The van der Waals surface area contributed by atoms with Crippen LogP contribution in [0.15, 0.2) is 57.9 Å². The number of hydrogen-bond donors (Lipinski definition) is 3. The minimum absolute atomic E-state index is 0.0759. The molecule has 4 rings (SSSR count). The van der Waals surface area contributed by atoms with Gasteiger partial charge in [0.1, 0.15) is 17.5 Å². The van der Waals surface area contributed by atoms with Gasteiger partial charge in [0.2, 0.25) is 0 Å². The lowest BCUT2D eigenvalue weighted by Crippen LogP contribution is -2.50. The van der Waals surface area contributed by atoms with Crippen molar-refractivity contribution in [2.75, 3.05) is 36.8 Å². The Labute approximate surface area is 239 Å². The zero-order chi connectivity index (χ0) is 29.9. The first-order chi connectivity index (χ1) is 19.4. The van der Waals surface area contributed by atoms with Crippen LogP contribution in [0.3, 0.4) is 0 Å². The van der Waals surface area contributed by atoms with E-state index in [1.54, 1.807) is 26.1 Å². The number of hydrogen-bond acceptors (Lipinski definition) is 8. The number of para-hydroxylation sites is 1. The SMILES string of the molecule is Cc1noc(C)c1S(=O)(=O)Nc1ccc2c(c1)C(=O)N([C@H](C)CO)C[C@@H](C)[C@@H](CN(C)C(=O)Nc1ccccc1)O2. The predicted octanol–water partition coefficient (Wildman–Crippen LogP) is 3.48. The summed E-state index contributed by atoms with van der Waals surface area (Å²) in [7, 11) is -2.41. The molecule has 0 saturated carbocycles. The lowest BCUT2D eigenvalue weighted by Gasteiger charge is -2.38. The van der Waals surface area contributed by atoms with E-state index in [-0.39, 0.29) is 65.0 Å². The van der Waals surface area contributed by atoms with Gasteiger partial charge in [-0.2, -0.15) is 0 Å². The van der Waals surface area contributed by atoms with E-state index < -0.39 is 28.1 Å². The first kappa shape index (κ1) is 29.9. The molecule has 3 atom stereocenters. The number of urea groups is 1. The van der Waals surface area contributed by atoms with Crippen molar-refractivity contribution in [2.24, 2.45) is 5.92 Å². The maximum atomic E-state index is 13.7. The molecule has 13 heteroatoms. The van der Waals surface area contributed by atoms with Crippen molar-refractivity contribution in [2.45, 2.75) is 44.7 Å². The van der Waals surface area contributed by atoms with E-state index in [1.807, 2.05) is 25.1 Å². The van der Waals surface area contributed by atoms with Crippen LogP contribution in [-0.2, 0) is 10.0 Å². The second-order valence-electron chi connectivity index (χ2n) is 10.3. The monoisotopic (exact) mass is 585 g/mol. The van der Waals surface area contributed by atoms with Gasteiger partial charge in [-0.05, 0) is 51.1 Å². The molecule has 1 aliphatic heterocycles. The summed E-state index contributed by atoms with van der Waals surface area (Å²) >= 11 is 0. The lowest BCUT2D eigenvalue weighted by atomic mass is 9.99. The van der Waals surface area contributed by atoms with Crippen molar-refractivity contribution in [3.05, 3.63) is 65.5 Å². The molecule has 1 aliphatic rings. The number of amides is 3. The molecule has 41 heavy (non-hydrogen) atoms. The minimum atomic E-state index is -4.06. The topological polar surface area (TPSA) is 154 Å². The molecule has 0 bridgehead atoms. The van der Waals surface area contributed by atoms with Crippen LogP contribution >= 0.6 is 0 Å². The third-order valence-electron chi connectivity index (χ3n) is 6.98. The minimum Gasteiger partial charge on any atom is -0.487 e. The lowest BCUT2D eigenvalue weighted by molar-refractivity contribution is 0.0371. The van der Waals surface area contributed by atoms with Crippen LogP contribution in [0, 0.1) is 19.8 Å². The largest absolute Gasteiger partial charge is 0.487 e. The molecule has 1 aromatic heterocycles. The average Bonchev–Trinajstić information content (AvgIpc) is 3.29. The molecule has 0 aliphatic carbocycles. The fourth-order valence-corrected chi connectivity index (χ4v) is 6.04. The average molecular weight is 586 g/mol. The maximum absolute atomic E-state index is 13.7. The molecule has 2 aromatic carbocycles. The first-order valence-electron chi connectivity index (χ1n) is 13.2. The number of ether oxygens (including phenoxy) is 1. The van der Waals surface area contributed by atoms with E-state index in [1.165, 1.54) is 41.8 Å². The van der Waals surface area contributed by atoms with Crippen molar-refractivity contribution >= 4 is 33.3 Å². The van der Waals surface area contributed by atoms with Crippen LogP contribution in [-0.4, -0.2) is 79.3 Å². The summed E-state index contributed by atoms with van der Waals surface area (Å²) in [6.45, 7) is 6.84. The number of aliphatic hydroxyl groups is 1. The quantitative estimate of drug-likeness (QED) is 0.363. The Morgan fingerprint density at radius 1 is 1.20 bits per heavy atom. The Balaban J connectivity index is 1.63. The van der Waals surface area contributed by atoms with Gasteiger partial charge in [0.15, 0.2) is 10.7 Å². The van der Waals surface area contributed by atoms with E-state index in [4.69, 9.17) is 9.26 Å². The zero-order valence-electron chi connectivity index (χ0n) is 23.6. The number of nitrogens with zero attached hydrogens (tertiary/aromatic N) is 3. The fraction of sp³-hybridized carbons (Fsp3) is 0.393. The number of likely N-dealkylation sites (N-methyl/N-ethyl adjacent to an activating group) is 1. The van der Waals surface area contributed by atoms with Gasteiger partial charge in [0.25, 0.3) is 15.9 Å². The number of carbonyl (C=O) groups is 2. The molecule has 3 N–H and O–H groups in total. The van der Waals surface area contributed by atoms with Gasteiger partial charge in [-0.25, -0.2) is 13.2 Å². The van der Waals surface area contributed by atoms with E-state index in [0.29, 0.717) is 5.69 Å². The number of carbonyl (C=O) groups excluding carboxylic acids is 2. The van der Waals surface area contributed by atoms with E-state index >= 15 is 0 Å². The number of benzene rings is 2. The molecule has 2 heterocycles. The van der Waals surface area contributed by atoms with Gasteiger partial charge in [0, 0.05) is 30.9 Å². The number of anilines is 2. The predicted molar refractivity (Wildman–Crippen MR) is 152 cm³/mol. The van der Waals surface area contributed by atoms with E-state index in [0.717, 1.165) is 0 Å². The van der Waals surface area contributed by atoms with Gasteiger partial charge < -0.3 is 29.5 Å². The second kappa shape index (κ2) is 12.2. The van der Waals surface area contributed by atoms with Gasteiger partial charge >= 0.3 is 6.03 Å². The molecule has 0 fully saturated rings. The number of fused-ring (bicyclic) bond motifs is 1. The van der Waals surface area contributed by atoms with Crippen LogP contribution in [0.1, 0.15) is 35.7 Å². The van der Waals surface area contributed by atoms with Crippen LogP contribution < -0.4 is 14.8 Å². The molecule has 3 aromatic rings. The summed E-state index contributed by atoms with van der Waals surface area (Å²) in [6, 6.07) is 12.7. The highest BCUT2D eigenvalue weighted by Crippen LogP contribution is 2.32. The fourth-order valence-electron chi connectivity index (χ4n) is 4.66. The number of aryl methyl sites for hydroxylation is 2. The highest BCUT2D eigenvalue weighted by atomic mass is 32.2. The molecular weight excluding hydrogens is 550 g/mol. The van der Waals surface area contributed by atoms with Crippen molar-refractivity contribution in [3.63, 3.8) is 0 Å². The summed E-state index contributed by atoms with van der Waals surface area (Å²) in [5.74, 6) is -0.258. The summed E-state index contributed by atoms with van der Waals surface area (Å²) in [4.78, 5) is 29.5. The van der Waals surface area contributed by atoms with Crippen molar-refractivity contribution < 1.29 is 32.4 Å². The molecule has 0 radical (unpaired) electrons. The summed E-state index contributed by atoms with van der Waals surface area (Å²) in [5, 5.41) is 16.5. The van der Waals surface area contributed by atoms with E-state index in [2.05, 4.69) is 15.2 Å². The zero-order valence-corrected chi connectivity index (χ0v) is 24.4. The third kappa shape index (κ3) is 6.63. The number of sulfonamides is 1. The highest BCUT2D eigenvalue weighted by molar-refractivity contribution is 7.92. The summed E-state index contributed by atoms with van der Waals surface area (Å²) in [5.41, 5.74) is 1.13. The van der Waals surface area contributed by atoms with Crippen molar-refractivity contribution in [1.29, 1.82) is 0 Å². The number of aromatic nitrogens is 1. The molecule has 12 nitrogen and oxygen atoms in total. The van der Waals surface area contributed by atoms with Gasteiger partial charge in [-0.3, -0.25) is 9.52 Å². The number of nitrogens with one attached hydrogen (secondary N) is 2. The first-order valence-corrected chi connectivity index (χ1v) is 14.6. The molecule has 0 unspecified atom stereocenters. The van der Waals surface area contributed by atoms with Crippen molar-refractivity contribution in [1.82, 2.24) is 15.0 Å². The van der Waals surface area contributed by atoms with Crippen LogP contribution in [0.4, 0.5) is 16.2 Å². The van der Waals surface area contributed by atoms with Crippen LogP contribution in [0.5, 0.6) is 5.75 Å². The van der Waals surface area contributed by atoms with E-state index in [9.17, 15) is 23.1 Å². The van der Waals surface area contributed by atoms with Gasteiger partial charge in [0.05, 0.1) is 24.8 Å².